The van der Waals surface area contributed by atoms with E-state index in [0.29, 0.717) is 6.02 Å². The maximum Gasteiger partial charge on any atom is 0.338 e. The Morgan fingerprint density at radius 1 is 0.962 bits per heavy atom. The van der Waals surface area contributed by atoms with Gasteiger partial charge < -0.3 is 9.64 Å². The minimum Gasteiger partial charge on any atom is -0.389 e. The molecule has 0 radical (unpaired) electrons. The molecule has 2 aromatic rings. The molecule has 4 nitrogen and oxygen atoms in total. The molecule has 0 aliphatic rings. The normalized spacial score (nSPS) is 11.5. The van der Waals surface area contributed by atoms with Gasteiger partial charge in [0.15, 0.2) is 0 Å². The largest absolute Gasteiger partial charge is 0.389 e. The summed E-state index contributed by atoms with van der Waals surface area (Å²) in [5.41, 5.74) is 1.71. The average molecular weight is 350 g/mol. The first-order valence-corrected chi connectivity index (χ1v) is 9.06. The van der Waals surface area contributed by atoms with E-state index in [4.69, 9.17) is 4.74 Å². The fourth-order valence-electron chi connectivity index (χ4n) is 2.47. The second kappa shape index (κ2) is 10.9. The number of hydrogen-bond acceptors (Lipinski definition) is 3. The van der Waals surface area contributed by atoms with Crippen LogP contribution in [0.1, 0.15) is 32.3 Å². The molecule has 2 rings (SSSR count). The number of aliphatic imine (C=N–C) groups is 1. The van der Waals surface area contributed by atoms with Crippen molar-refractivity contribution in [2.45, 2.75) is 26.7 Å². The molecule has 0 amide bonds. The van der Waals surface area contributed by atoms with Crippen molar-refractivity contribution in [2.24, 2.45) is 4.99 Å². The summed E-state index contributed by atoms with van der Waals surface area (Å²) in [5.74, 6) is -0.430. The van der Waals surface area contributed by atoms with Gasteiger partial charge in [-0.2, -0.15) is 4.99 Å². The highest BCUT2D eigenvalue weighted by Crippen LogP contribution is 2.13. The van der Waals surface area contributed by atoms with Crippen LogP contribution in [0.5, 0.6) is 0 Å². The molecular weight excluding hydrogens is 324 g/mol. The molecule has 0 aliphatic heterocycles. The third kappa shape index (κ3) is 6.55. The molecule has 0 saturated carbocycles. The van der Waals surface area contributed by atoms with Crippen LogP contribution in [0.15, 0.2) is 71.7 Å². The first-order valence-electron chi connectivity index (χ1n) is 9.06. The summed E-state index contributed by atoms with van der Waals surface area (Å²) in [7, 11) is 0. The highest BCUT2D eigenvalue weighted by molar-refractivity contribution is 5.96. The minimum atomic E-state index is -0.430. The Morgan fingerprint density at radius 3 is 2.12 bits per heavy atom. The van der Waals surface area contributed by atoms with Crippen LogP contribution in [0, 0.1) is 0 Å². The van der Waals surface area contributed by atoms with Gasteiger partial charge in [-0.25, -0.2) is 4.79 Å². The molecule has 0 heterocycles. The molecule has 136 valence electrons. The molecule has 0 aliphatic carbocycles. The van der Waals surface area contributed by atoms with E-state index in [9.17, 15) is 4.79 Å². The lowest BCUT2D eigenvalue weighted by Gasteiger charge is -2.23. The highest BCUT2D eigenvalue weighted by Gasteiger charge is 2.15. The van der Waals surface area contributed by atoms with Gasteiger partial charge in [-0.1, -0.05) is 62.4 Å². The van der Waals surface area contributed by atoms with Crippen molar-refractivity contribution in [3.05, 3.63) is 72.3 Å². The number of para-hydroxylation sites is 1. The van der Waals surface area contributed by atoms with Crippen molar-refractivity contribution < 1.29 is 9.53 Å². The summed E-state index contributed by atoms with van der Waals surface area (Å²) >= 11 is 0. The first kappa shape index (κ1) is 19.4. The zero-order valence-electron chi connectivity index (χ0n) is 15.5. The number of ether oxygens (including phenoxy) is 1. The van der Waals surface area contributed by atoms with E-state index in [1.807, 2.05) is 65.6 Å². The van der Waals surface area contributed by atoms with E-state index in [-0.39, 0.29) is 0 Å². The Balaban J connectivity index is 2.18. The lowest BCUT2D eigenvalue weighted by molar-refractivity contribution is -0.130. The second-order valence-corrected chi connectivity index (χ2v) is 5.88. The minimum absolute atomic E-state index is 0.350. The quantitative estimate of drug-likeness (QED) is 0.304. The van der Waals surface area contributed by atoms with Gasteiger partial charge in [0.1, 0.15) is 0 Å². The molecule has 0 atom stereocenters. The van der Waals surface area contributed by atoms with Crippen LogP contribution in [0.2, 0.25) is 0 Å². The predicted molar refractivity (Wildman–Crippen MR) is 107 cm³/mol. The summed E-state index contributed by atoms with van der Waals surface area (Å²) in [6, 6.07) is 19.6. The number of amidine groups is 1. The summed E-state index contributed by atoms with van der Waals surface area (Å²) in [4.78, 5) is 18.9. The van der Waals surface area contributed by atoms with E-state index >= 15 is 0 Å². The Labute approximate surface area is 155 Å². The summed E-state index contributed by atoms with van der Waals surface area (Å²) in [5, 5.41) is 0. The van der Waals surface area contributed by atoms with Gasteiger partial charge in [-0.3, -0.25) is 0 Å². The second-order valence-electron chi connectivity index (χ2n) is 5.88. The molecule has 0 N–H and O–H groups in total. The standard InChI is InChI=1S/C22H26N2O2/c1-3-17-24(18-4-2)22(23-20-13-9-6-10-14-20)26-21(25)16-15-19-11-7-5-8-12-19/h5-16H,3-4,17-18H2,1-2H3. The van der Waals surface area contributed by atoms with Crippen LogP contribution in [0.4, 0.5) is 5.69 Å². The van der Waals surface area contributed by atoms with Crippen molar-refractivity contribution in [1.29, 1.82) is 0 Å². The molecule has 4 heteroatoms. The fraction of sp³-hybridized carbons (Fsp3) is 0.273. The Hall–Kier alpha value is -2.88. The van der Waals surface area contributed by atoms with Gasteiger partial charge in [0.25, 0.3) is 0 Å². The topological polar surface area (TPSA) is 41.9 Å². The fourth-order valence-corrected chi connectivity index (χ4v) is 2.47. The number of nitrogens with zero attached hydrogens (tertiary/aromatic N) is 2. The Morgan fingerprint density at radius 2 is 1.54 bits per heavy atom. The molecule has 0 unspecified atom stereocenters. The summed E-state index contributed by atoms with van der Waals surface area (Å²) < 4.78 is 5.59. The van der Waals surface area contributed by atoms with Crippen LogP contribution >= 0.6 is 0 Å². The smallest absolute Gasteiger partial charge is 0.338 e. The van der Waals surface area contributed by atoms with E-state index in [1.165, 1.54) is 6.08 Å². The lowest BCUT2D eigenvalue weighted by atomic mass is 10.2. The van der Waals surface area contributed by atoms with E-state index in [0.717, 1.165) is 37.2 Å². The van der Waals surface area contributed by atoms with Crippen LogP contribution in [0.25, 0.3) is 6.08 Å². The van der Waals surface area contributed by atoms with Gasteiger partial charge in [0.05, 0.1) is 5.69 Å². The molecule has 0 fully saturated rings. The van der Waals surface area contributed by atoms with Crippen LogP contribution in [-0.2, 0) is 9.53 Å². The Bertz CT molecular complexity index is 718. The summed E-state index contributed by atoms with van der Waals surface area (Å²) in [6.45, 7) is 5.77. The van der Waals surface area contributed by atoms with E-state index < -0.39 is 5.97 Å². The Kier molecular flexibility index (Phi) is 8.13. The number of carbonyl (C=O) groups is 1. The molecule has 26 heavy (non-hydrogen) atoms. The molecule has 0 bridgehead atoms. The van der Waals surface area contributed by atoms with Gasteiger partial charge in [0.2, 0.25) is 0 Å². The average Bonchev–Trinajstić information content (AvgIpc) is 2.67. The third-order valence-electron chi connectivity index (χ3n) is 3.64. The van der Waals surface area contributed by atoms with Crippen molar-refractivity contribution in [2.75, 3.05) is 13.1 Å². The van der Waals surface area contributed by atoms with Gasteiger partial charge in [0, 0.05) is 19.2 Å². The third-order valence-corrected chi connectivity index (χ3v) is 3.64. The number of esters is 1. The number of rotatable bonds is 7. The molecule has 0 aromatic heterocycles. The van der Waals surface area contributed by atoms with E-state index in [2.05, 4.69) is 18.8 Å². The van der Waals surface area contributed by atoms with Crippen LogP contribution < -0.4 is 0 Å². The first-order chi connectivity index (χ1) is 12.7. The predicted octanol–water partition coefficient (Wildman–Crippen LogP) is 5.05. The zero-order chi connectivity index (χ0) is 18.6. The van der Waals surface area contributed by atoms with E-state index in [1.54, 1.807) is 6.08 Å². The maximum atomic E-state index is 12.3. The molecule has 0 spiro atoms. The van der Waals surface area contributed by atoms with Crippen molar-refractivity contribution in [1.82, 2.24) is 4.90 Å². The summed E-state index contributed by atoms with van der Waals surface area (Å²) in [6.07, 6.45) is 5.08. The van der Waals surface area contributed by atoms with Gasteiger partial charge >= 0.3 is 12.0 Å². The van der Waals surface area contributed by atoms with Crippen molar-refractivity contribution in [3.8, 4) is 0 Å². The monoisotopic (exact) mass is 350 g/mol. The van der Waals surface area contributed by atoms with Crippen molar-refractivity contribution in [3.63, 3.8) is 0 Å². The van der Waals surface area contributed by atoms with Gasteiger partial charge in [-0.15, -0.1) is 0 Å². The van der Waals surface area contributed by atoms with Crippen molar-refractivity contribution >= 4 is 23.8 Å². The van der Waals surface area contributed by atoms with Gasteiger partial charge in [-0.05, 0) is 36.6 Å². The molecular formula is C22H26N2O2. The van der Waals surface area contributed by atoms with Crippen LogP contribution in [-0.4, -0.2) is 30.0 Å². The number of carbonyl (C=O) groups excluding carboxylic acids is 1. The lowest BCUT2D eigenvalue weighted by Crippen LogP contribution is -2.35. The number of benzene rings is 2. The maximum absolute atomic E-state index is 12.3. The number of hydrogen-bond donors (Lipinski definition) is 0. The highest BCUT2D eigenvalue weighted by atomic mass is 16.6. The molecule has 2 aromatic carbocycles. The SMILES string of the molecule is CCCN(CCC)C(=Nc1ccccc1)OC(=O)C=Cc1ccccc1. The molecule has 0 saturated heterocycles. The zero-order valence-corrected chi connectivity index (χ0v) is 15.5. The van der Waals surface area contributed by atoms with Crippen LogP contribution in [0.3, 0.4) is 0 Å².